The second kappa shape index (κ2) is 10.1. The van der Waals surface area contributed by atoms with Crippen molar-refractivity contribution in [2.24, 2.45) is 0 Å². The van der Waals surface area contributed by atoms with Crippen molar-refractivity contribution in [1.82, 2.24) is 0 Å². The molecule has 0 spiro atoms. The minimum absolute atomic E-state index is 0.238. The van der Waals surface area contributed by atoms with Crippen molar-refractivity contribution < 1.29 is 14.3 Å². The fraction of sp³-hybridized carbons (Fsp3) is 0.458. The van der Waals surface area contributed by atoms with Gasteiger partial charge in [0, 0.05) is 12.0 Å². The number of ether oxygens (including phenoxy) is 2. The van der Waals surface area contributed by atoms with Crippen molar-refractivity contribution >= 4 is 5.97 Å². The molecule has 0 N–H and O–H groups in total. The molecule has 144 valence electrons. The highest BCUT2D eigenvalue weighted by molar-refractivity contribution is 5.92. The number of esters is 1. The Bertz CT molecular complexity index is 751. The molecule has 3 rings (SSSR count). The Kier molecular flexibility index (Phi) is 7.32. The number of hydrogen-bond acceptors (Lipinski definition) is 3. The van der Waals surface area contributed by atoms with E-state index in [0.717, 1.165) is 35.5 Å². The van der Waals surface area contributed by atoms with Gasteiger partial charge in [-0.25, -0.2) is 4.79 Å². The average molecular weight is 367 g/mol. The molecule has 3 nitrogen and oxygen atoms in total. The van der Waals surface area contributed by atoms with Gasteiger partial charge in [0.2, 0.25) is 0 Å². The summed E-state index contributed by atoms with van der Waals surface area (Å²) in [5, 5.41) is 0. The monoisotopic (exact) mass is 366 g/mol. The maximum atomic E-state index is 12.6. The Balaban J connectivity index is 1.46. The topological polar surface area (TPSA) is 35.5 Å². The van der Waals surface area contributed by atoms with Crippen LogP contribution in [0.4, 0.5) is 0 Å². The van der Waals surface area contributed by atoms with E-state index in [9.17, 15) is 4.79 Å². The van der Waals surface area contributed by atoms with E-state index in [4.69, 9.17) is 9.47 Å². The summed E-state index contributed by atoms with van der Waals surface area (Å²) in [6.45, 7) is 2.73. The van der Waals surface area contributed by atoms with Crippen LogP contribution < -0.4 is 4.74 Å². The summed E-state index contributed by atoms with van der Waals surface area (Å²) in [6.07, 6.45) is 10.6. The van der Waals surface area contributed by atoms with E-state index in [1.54, 1.807) is 0 Å². The highest BCUT2D eigenvalue weighted by Gasteiger charge is 2.22. The number of fused-ring (bicyclic) bond motifs is 2. The third-order valence-electron chi connectivity index (χ3n) is 5.14. The van der Waals surface area contributed by atoms with E-state index < -0.39 is 0 Å². The van der Waals surface area contributed by atoms with Crippen LogP contribution in [0.25, 0.3) is 0 Å². The van der Waals surface area contributed by atoms with Gasteiger partial charge in [0.25, 0.3) is 0 Å². The van der Waals surface area contributed by atoms with E-state index >= 15 is 0 Å². The van der Waals surface area contributed by atoms with E-state index in [1.807, 2.05) is 42.5 Å². The number of unbranched alkanes of at least 4 members (excludes halogenated alkanes) is 7. The minimum Gasteiger partial charge on any atom is -0.462 e. The van der Waals surface area contributed by atoms with Gasteiger partial charge in [-0.2, -0.15) is 0 Å². The molecule has 1 aliphatic rings. The van der Waals surface area contributed by atoms with Crippen LogP contribution in [0.1, 0.15) is 79.8 Å². The molecule has 1 aliphatic heterocycles. The second-order valence-corrected chi connectivity index (χ2v) is 7.28. The molecule has 27 heavy (non-hydrogen) atoms. The van der Waals surface area contributed by atoms with Crippen LogP contribution in [0.5, 0.6) is 11.5 Å². The fourth-order valence-electron chi connectivity index (χ4n) is 3.57. The number of rotatable bonds is 10. The molecule has 2 aromatic carbocycles. The quantitative estimate of drug-likeness (QED) is 0.296. The molecule has 0 radical (unpaired) electrons. The Hall–Kier alpha value is -2.29. The summed E-state index contributed by atoms with van der Waals surface area (Å²) in [6, 6.07) is 13.6. The zero-order valence-corrected chi connectivity index (χ0v) is 16.3. The number of para-hydroxylation sites is 1. The standard InChI is InChI=1S/C24H30O3/c1-2-3-4-5-6-7-8-11-17-26-24(25)20-14-12-16-23-21(20)18-19-13-9-10-15-22(19)27-23/h9-10,12-16H,2-8,11,17-18H2,1H3. The van der Waals surface area contributed by atoms with Gasteiger partial charge in [0.15, 0.2) is 0 Å². The van der Waals surface area contributed by atoms with Crippen molar-refractivity contribution in [1.29, 1.82) is 0 Å². The Morgan fingerprint density at radius 2 is 1.59 bits per heavy atom. The normalized spacial score (nSPS) is 12.0. The van der Waals surface area contributed by atoms with E-state index in [-0.39, 0.29) is 5.97 Å². The molecular formula is C24H30O3. The zero-order valence-electron chi connectivity index (χ0n) is 16.3. The fourth-order valence-corrected chi connectivity index (χ4v) is 3.57. The van der Waals surface area contributed by atoms with Crippen LogP contribution in [0, 0.1) is 0 Å². The summed E-state index contributed by atoms with van der Waals surface area (Å²) >= 11 is 0. The van der Waals surface area contributed by atoms with Crippen LogP contribution in [-0.4, -0.2) is 12.6 Å². The van der Waals surface area contributed by atoms with E-state index in [2.05, 4.69) is 6.92 Å². The van der Waals surface area contributed by atoms with Crippen molar-refractivity contribution in [2.75, 3.05) is 6.61 Å². The Labute approximate surface area is 162 Å². The number of carbonyl (C=O) groups is 1. The first kappa shape index (κ1) is 19.5. The molecule has 0 bridgehead atoms. The molecule has 1 heterocycles. The molecule has 0 atom stereocenters. The van der Waals surface area contributed by atoms with Gasteiger partial charge in [-0.1, -0.05) is 76.1 Å². The number of hydrogen-bond donors (Lipinski definition) is 0. The van der Waals surface area contributed by atoms with E-state index in [1.165, 1.54) is 38.5 Å². The molecule has 0 saturated carbocycles. The molecule has 0 amide bonds. The first-order chi connectivity index (χ1) is 13.3. The predicted molar refractivity (Wildman–Crippen MR) is 109 cm³/mol. The van der Waals surface area contributed by atoms with Crippen molar-refractivity contribution in [3.05, 3.63) is 59.2 Å². The summed E-state index contributed by atoms with van der Waals surface area (Å²) < 4.78 is 11.5. The highest BCUT2D eigenvalue weighted by atomic mass is 16.5. The van der Waals surface area contributed by atoms with E-state index in [0.29, 0.717) is 18.6 Å². The third kappa shape index (κ3) is 5.35. The van der Waals surface area contributed by atoms with Crippen molar-refractivity contribution in [3.63, 3.8) is 0 Å². The summed E-state index contributed by atoms with van der Waals surface area (Å²) in [4.78, 5) is 12.6. The minimum atomic E-state index is -0.238. The maximum absolute atomic E-state index is 12.6. The largest absolute Gasteiger partial charge is 0.462 e. The number of carbonyl (C=O) groups excluding carboxylic acids is 1. The lowest BCUT2D eigenvalue weighted by molar-refractivity contribution is 0.0496. The molecule has 0 saturated heterocycles. The van der Waals surface area contributed by atoms with Crippen LogP contribution in [-0.2, 0) is 11.2 Å². The first-order valence-electron chi connectivity index (χ1n) is 10.3. The molecule has 0 aliphatic carbocycles. The second-order valence-electron chi connectivity index (χ2n) is 7.28. The van der Waals surface area contributed by atoms with Crippen LogP contribution in [0.3, 0.4) is 0 Å². The van der Waals surface area contributed by atoms with Gasteiger partial charge in [0.05, 0.1) is 12.2 Å². The zero-order chi connectivity index (χ0) is 18.9. The van der Waals surface area contributed by atoms with Crippen LogP contribution >= 0.6 is 0 Å². The van der Waals surface area contributed by atoms with Gasteiger partial charge in [-0.3, -0.25) is 0 Å². The lowest BCUT2D eigenvalue weighted by atomic mass is 9.96. The third-order valence-corrected chi connectivity index (χ3v) is 5.14. The lowest BCUT2D eigenvalue weighted by Gasteiger charge is -2.21. The summed E-state index contributed by atoms with van der Waals surface area (Å²) in [5.41, 5.74) is 2.66. The molecule has 3 heteroatoms. The van der Waals surface area contributed by atoms with Crippen LogP contribution in [0.2, 0.25) is 0 Å². The molecule has 0 fully saturated rings. The SMILES string of the molecule is CCCCCCCCCCOC(=O)c1cccc2c1Cc1ccccc1O2. The Morgan fingerprint density at radius 3 is 2.41 bits per heavy atom. The molecule has 0 unspecified atom stereocenters. The van der Waals surface area contributed by atoms with Gasteiger partial charge < -0.3 is 9.47 Å². The van der Waals surface area contributed by atoms with Crippen LogP contribution in [0.15, 0.2) is 42.5 Å². The summed E-state index contributed by atoms with van der Waals surface area (Å²) in [5.74, 6) is 1.39. The smallest absolute Gasteiger partial charge is 0.338 e. The molecular weight excluding hydrogens is 336 g/mol. The molecule has 0 aromatic heterocycles. The predicted octanol–water partition coefficient (Wildman–Crippen LogP) is 6.68. The van der Waals surface area contributed by atoms with Crippen molar-refractivity contribution in [3.8, 4) is 11.5 Å². The average Bonchev–Trinajstić information content (AvgIpc) is 2.70. The highest BCUT2D eigenvalue weighted by Crippen LogP contribution is 2.38. The van der Waals surface area contributed by atoms with Gasteiger partial charge in [0.1, 0.15) is 11.5 Å². The molecule has 2 aromatic rings. The first-order valence-corrected chi connectivity index (χ1v) is 10.3. The summed E-state index contributed by atoms with van der Waals surface area (Å²) in [7, 11) is 0. The lowest BCUT2D eigenvalue weighted by Crippen LogP contribution is -2.13. The van der Waals surface area contributed by atoms with Crippen molar-refractivity contribution in [2.45, 2.75) is 64.7 Å². The maximum Gasteiger partial charge on any atom is 0.338 e. The van der Waals surface area contributed by atoms with Gasteiger partial charge in [-0.15, -0.1) is 0 Å². The van der Waals surface area contributed by atoms with Gasteiger partial charge in [-0.05, 0) is 30.2 Å². The number of benzene rings is 2. The van der Waals surface area contributed by atoms with Gasteiger partial charge >= 0.3 is 5.97 Å². The Morgan fingerprint density at radius 1 is 0.889 bits per heavy atom.